The third-order valence-corrected chi connectivity index (χ3v) is 4.72. The van der Waals surface area contributed by atoms with E-state index in [0.29, 0.717) is 15.7 Å². The molecule has 2 heterocycles. The van der Waals surface area contributed by atoms with E-state index in [1.807, 2.05) is 0 Å². The Balaban J connectivity index is 2.20. The number of hydrogen-bond acceptors (Lipinski definition) is 5. The zero-order chi connectivity index (χ0) is 22.4. The summed E-state index contributed by atoms with van der Waals surface area (Å²) in [5, 5.41) is 12.3. The van der Waals surface area contributed by atoms with Crippen LogP contribution in [0.2, 0.25) is 5.15 Å². The summed E-state index contributed by atoms with van der Waals surface area (Å²) in [7, 11) is 1.01. The molecule has 0 bridgehead atoms. The van der Waals surface area contributed by atoms with Gasteiger partial charge in [0.1, 0.15) is 5.15 Å². The number of anilines is 1. The lowest BCUT2D eigenvalue weighted by Crippen LogP contribution is -2.28. The predicted octanol–water partition coefficient (Wildman–Crippen LogP) is 4.18. The third kappa shape index (κ3) is 3.95. The highest BCUT2D eigenvalue weighted by Crippen LogP contribution is 2.31. The fraction of sp³-hybridized carbons (Fsp3) is 0.263. The van der Waals surface area contributed by atoms with Gasteiger partial charge in [0.15, 0.2) is 5.69 Å². The van der Waals surface area contributed by atoms with Gasteiger partial charge in [-0.15, -0.1) is 0 Å². The highest BCUT2D eigenvalue weighted by molar-refractivity contribution is 6.29. The number of carbonyl (C=O) groups is 1. The van der Waals surface area contributed by atoms with E-state index in [1.54, 1.807) is 19.9 Å². The van der Waals surface area contributed by atoms with Gasteiger partial charge in [0.05, 0.1) is 22.6 Å². The van der Waals surface area contributed by atoms with Crippen LogP contribution in [0.1, 0.15) is 40.4 Å². The van der Waals surface area contributed by atoms with Crippen molar-refractivity contribution >= 4 is 34.2 Å². The van der Waals surface area contributed by atoms with Gasteiger partial charge < -0.3 is 10.4 Å². The first-order chi connectivity index (χ1) is 13.9. The van der Waals surface area contributed by atoms with E-state index in [0.717, 1.165) is 7.05 Å². The van der Waals surface area contributed by atoms with Crippen LogP contribution >= 0.6 is 11.6 Å². The molecule has 0 spiro atoms. The number of alkyl halides is 3. The first kappa shape index (κ1) is 21.6. The molecule has 0 aliphatic carbocycles. The summed E-state index contributed by atoms with van der Waals surface area (Å²) in [5.41, 5.74) is -0.226. The van der Waals surface area contributed by atoms with Crippen LogP contribution in [0, 0.1) is 6.92 Å². The van der Waals surface area contributed by atoms with E-state index in [2.05, 4.69) is 15.3 Å². The zero-order valence-electron chi connectivity index (χ0n) is 16.0. The SMILES string of the molecule is Cc1cc(C(C)Nc2ccc(Cl)nc2C(=O)O)c2nc(C(F)(F)F)n(C)c(=O)c2c1. The minimum absolute atomic E-state index is 0.0217. The molecule has 0 amide bonds. The normalized spacial score (nSPS) is 12.8. The van der Waals surface area contributed by atoms with Crippen LogP contribution in [0.4, 0.5) is 18.9 Å². The van der Waals surface area contributed by atoms with Crippen LogP contribution in [0.15, 0.2) is 29.1 Å². The largest absolute Gasteiger partial charge is 0.476 e. The summed E-state index contributed by atoms with van der Waals surface area (Å²) in [5.74, 6) is -2.65. The number of nitrogens with zero attached hydrogens (tertiary/aromatic N) is 3. The average Bonchev–Trinajstić information content (AvgIpc) is 2.64. The van der Waals surface area contributed by atoms with Crippen molar-refractivity contribution in [1.29, 1.82) is 0 Å². The summed E-state index contributed by atoms with van der Waals surface area (Å²) >= 11 is 5.75. The Bertz CT molecular complexity index is 1220. The van der Waals surface area contributed by atoms with Gasteiger partial charge >= 0.3 is 12.1 Å². The van der Waals surface area contributed by atoms with E-state index in [1.165, 1.54) is 18.2 Å². The molecule has 2 aromatic heterocycles. The minimum Gasteiger partial charge on any atom is -0.476 e. The van der Waals surface area contributed by atoms with Crippen LogP contribution in [-0.4, -0.2) is 25.6 Å². The molecule has 158 valence electrons. The van der Waals surface area contributed by atoms with Gasteiger partial charge in [-0.25, -0.2) is 14.8 Å². The van der Waals surface area contributed by atoms with Gasteiger partial charge in [0.25, 0.3) is 5.56 Å². The molecule has 7 nitrogen and oxygen atoms in total. The van der Waals surface area contributed by atoms with Gasteiger partial charge in [0.2, 0.25) is 5.82 Å². The molecule has 0 saturated heterocycles. The molecule has 1 aromatic carbocycles. The second-order valence-corrected chi connectivity index (χ2v) is 7.14. The Morgan fingerprint density at radius 3 is 2.53 bits per heavy atom. The van der Waals surface area contributed by atoms with Gasteiger partial charge in [-0.3, -0.25) is 9.36 Å². The third-order valence-electron chi connectivity index (χ3n) is 4.51. The molecular formula is C19H16ClF3N4O3. The first-order valence-electron chi connectivity index (χ1n) is 8.65. The van der Waals surface area contributed by atoms with Gasteiger partial charge in [-0.2, -0.15) is 13.2 Å². The van der Waals surface area contributed by atoms with E-state index < -0.39 is 29.6 Å². The Labute approximate surface area is 173 Å². The number of carboxylic acid groups (broad SMARTS) is 1. The van der Waals surface area contributed by atoms with Gasteiger partial charge in [-0.1, -0.05) is 17.7 Å². The molecule has 0 saturated carbocycles. The molecular weight excluding hydrogens is 425 g/mol. The Hall–Kier alpha value is -3.14. The number of carboxylic acids is 1. The summed E-state index contributed by atoms with van der Waals surface area (Å²) in [6.45, 7) is 3.31. The molecule has 11 heteroatoms. The minimum atomic E-state index is -4.82. The molecule has 1 atom stereocenters. The highest BCUT2D eigenvalue weighted by Gasteiger charge is 2.37. The maximum atomic E-state index is 13.4. The Morgan fingerprint density at radius 1 is 1.27 bits per heavy atom. The fourth-order valence-electron chi connectivity index (χ4n) is 3.16. The van der Waals surface area contributed by atoms with Gasteiger partial charge in [0, 0.05) is 12.6 Å². The molecule has 0 aliphatic rings. The number of rotatable bonds is 4. The molecule has 0 radical (unpaired) electrons. The van der Waals surface area contributed by atoms with Crippen molar-refractivity contribution in [2.24, 2.45) is 7.05 Å². The lowest BCUT2D eigenvalue weighted by molar-refractivity contribution is -0.147. The maximum absolute atomic E-state index is 13.4. The van der Waals surface area contributed by atoms with Crippen LogP contribution < -0.4 is 10.9 Å². The van der Waals surface area contributed by atoms with Crippen molar-refractivity contribution < 1.29 is 23.1 Å². The number of aryl methyl sites for hydroxylation is 1. The molecule has 30 heavy (non-hydrogen) atoms. The van der Waals surface area contributed by atoms with Crippen LogP contribution in [0.3, 0.4) is 0 Å². The second-order valence-electron chi connectivity index (χ2n) is 6.75. The summed E-state index contributed by atoms with van der Waals surface area (Å²) in [6.07, 6.45) is -4.82. The first-order valence-corrected chi connectivity index (χ1v) is 9.02. The number of fused-ring (bicyclic) bond motifs is 1. The fourth-order valence-corrected chi connectivity index (χ4v) is 3.31. The monoisotopic (exact) mass is 440 g/mol. The van der Waals surface area contributed by atoms with Crippen molar-refractivity contribution in [3.8, 4) is 0 Å². The van der Waals surface area contributed by atoms with E-state index in [4.69, 9.17) is 11.6 Å². The standard InChI is InChI=1S/C19H16ClF3N4O3/c1-8-6-10(9(2)24-12-4-5-13(20)25-15(12)17(29)30)14-11(7-8)16(28)27(3)18(26-14)19(21,22)23/h4-7,9,24H,1-3H3,(H,29,30). The predicted molar refractivity (Wildman–Crippen MR) is 105 cm³/mol. The van der Waals surface area contributed by atoms with E-state index in [9.17, 15) is 27.9 Å². The number of aromatic carboxylic acids is 1. The van der Waals surface area contributed by atoms with Crippen LogP contribution in [0.5, 0.6) is 0 Å². The molecule has 3 aromatic rings. The topological polar surface area (TPSA) is 97.1 Å². The highest BCUT2D eigenvalue weighted by atomic mass is 35.5. The quantitative estimate of drug-likeness (QED) is 0.591. The summed E-state index contributed by atoms with van der Waals surface area (Å²) < 4.78 is 40.6. The molecule has 0 fully saturated rings. The van der Waals surface area contributed by atoms with Crippen LogP contribution in [0.25, 0.3) is 10.9 Å². The van der Waals surface area contributed by atoms with Crippen molar-refractivity contribution in [3.05, 3.63) is 62.4 Å². The van der Waals surface area contributed by atoms with Crippen LogP contribution in [-0.2, 0) is 13.2 Å². The number of hydrogen-bond donors (Lipinski definition) is 2. The van der Waals surface area contributed by atoms with Crippen molar-refractivity contribution in [3.63, 3.8) is 0 Å². The van der Waals surface area contributed by atoms with Crippen molar-refractivity contribution in [2.45, 2.75) is 26.1 Å². The van der Waals surface area contributed by atoms with Crippen molar-refractivity contribution in [1.82, 2.24) is 14.5 Å². The number of benzene rings is 1. The molecule has 3 rings (SSSR count). The molecule has 1 unspecified atom stereocenters. The summed E-state index contributed by atoms with van der Waals surface area (Å²) in [6, 6.07) is 5.15. The summed E-state index contributed by atoms with van der Waals surface area (Å²) in [4.78, 5) is 31.5. The van der Waals surface area contributed by atoms with Gasteiger partial charge in [-0.05, 0) is 37.6 Å². The van der Waals surface area contributed by atoms with E-state index >= 15 is 0 Å². The Kier molecular flexibility index (Phi) is 5.46. The average molecular weight is 441 g/mol. The lowest BCUT2D eigenvalue weighted by Gasteiger charge is -2.20. The smallest absolute Gasteiger partial charge is 0.449 e. The number of halogens is 4. The lowest BCUT2D eigenvalue weighted by atomic mass is 10.0. The second kappa shape index (κ2) is 7.60. The molecule has 2 N–H and O–H groups in total. The number of aromatic nitrogens is 3. The van der Waals surface area contributed by atoms with Crippen molar-refractivity contribution in [2.75, 3.05) is 5.32 Å². The zero-order valence-corrected chi connectivity index (χ0v) is 16.8. The molecule has 0 aliphatic heterocycles. The van der Waals surface area contributed by atoms with E-state index in [-0.39, 0.29) is 27.4 Å². The maximum Gasteiger partial charge on any atom is 0.449 e. The number of nitrogens with one attached hydrogen (secondary N) is 1. The Morgan fingerprint density at radius 2 is 1.93 bits per heavy atom. The number of pyridine rings is 1.